The van der Waals surface area contributed by atoms with Crippen molar-refractivity contribution in [2.45, 2.75) is 12.3 Å². The molecule has 0 saturated carbocycles. The molecule has 0 radical (unpaired) electrons. The molecule has 0 spiro atoms. The highest BCUT2D eigenvalue weighted by atomic mass is 79.9. The van der Waals surface area contributed by atoms with Crippen LogP contribution in [0.25, 0.3) is 0 Å². The van der Waals surface area contributed by atoms with E-state index in [0.29, 0.717) is 22.4 Å². The predicted octanol–water partition coefficient (Wildman–Crippen LogP) is 4.69. The molecule has 0 aliphatic rings. The smallest absolute Gasteiger partial charge is 0.131 e. The van der Waals surface area contributed by atoms with Gasteiger partial charge in [0.15, 0.2) is 0 Å². The van der Waals surface area contributed by atoms with E-state index in [-0.39, 0.29) is 5.82 Å². The number of halogens is 2. The number of nitriles is 1. The molecule has 2 nitrogen and oxygen atoms in total. The molecule has 96 valence electrons. The van der Waals surface area contributed by atoms with Crippen molar-refractivity contribution in [2.75, 3.05) is 0 Å². The highest BCUT2D eigenvalue weighted by Gasteiger charge is 2.08. The molecule has 2 aromatic rings. The Hall–Kier alpha value is -1.86. The summed E-state index contributed by atoms with van der Waals surface area (Å²) in [6, 6.07) is 11.7. The van der Waals surface area contributed by atoms with Gasteiger partial charge in [-0.15, -0.1) is 0 Å². The Morgan fingerprint density at radius 3 is 2.68 bits per heavy atom. The van der Waals surface area contributed by atoms with E-state index in [1.807, 2.05) is 13.0 Å². The number of ether oxygens (including phenoxy) is 1. The van der Waals surface area contributed by atoms with Crippen LogP contribution in [0.15, 0.2) is 36.4 Å². The average Bonchev–Trinajstić information content (AvgIpc) is 2.43. The maximum atomic E-state index is 13.2. The van der Waals surface area contributed by atoms with E-state index in [2.05, 4.69) is 22.0 Å². The van der Waals surface area contributed by atoms with Crippen molar-refractivity contribution in [1.29, 1.82) is 5.26 Å². The summed E-state index contributed by atoms with van der Waals surface area (Å²) in [5, 5.41) is 9.39. The van der Waals surface area contributed by atoms with Gasteiger partial charge in [-0.25, -0.2) is 4.39 Å². The Morgan fingerprint density at radius 2 is 2.00 bits per heavy atom. The van der Waals surface area contributed by atoms with Gasteiger partial charge in [-0.1, -0.05) is 22.0 Å². The van der Waals surface area contributed by atoms with E-state index < -0.39 is 0 Å². The molecule has 0 atom stereocenters. The van der Waals surface area contributed by atoms with Crippen LogP contribution in [0.2, 0.25) is 0 Å². The highest BCUT2D eigenvalue weighted by molar-refractivity contribution is 9.08. The van der Waals surface area contributed by atoms with Gasteiger partial charge < -0.3 is 4.74 Å². The van der Waals surface area contributed by atoms with Gasteiger partial charge in [-0.3, -0.25) is 0 Å². The first-order valence-electron chi connectivity index (χ1n) is 5.67. The maximum absolute atomic E-state index is 13.2. The Bertz CT molecular complexity index is 649. The van der Waals surface area contributed by atoms with Crippen LogP contribution in [0.1, 0.15) is 16.7 Å². The number of alkyl halides is 1. The van der Waals surface area contributed by atoms with E-state index in [4.69, 9.17) is 10.00 Å². The number of aryl methyl sites for hydroxylation is 1. The van der Waals surface area contributed by atoms with Crippen molar-refractivity contribution >= 4 is 15.9 Å². The first-order valence-corrected chi connectivity index (χ1v) is 6.79. The number of hydrogen-bond acceptors (Lipinski definition) is 2. The summed E-state index contributed by atoms with van der Waals surface area (Å²) < 4.78 is 18.9. The summed E-state index contributed by atoms with van der Waals surface area (Å²) >= 11 is 3.30. The van der Waals surface area contributed by atoms with Crippen molar-refractivity contribution in [1.82, 2.24) is 0 Å². The molecule has 0 bridgehead atoms. The highest BCUT2D eigenvalue weighted by Crippen LogP contribution is 2.30. The molecule has 0 unspecified atom stereocenters. The minimum absolute atomic E-state index is 0.302. The Morgan fingerprint density at radius 1 is 1.21 bits per heavy atom. The molecular weight excluding hydrogens is 309 g/mol. The summed E-state index contributed by atoms with van der Waals surface area (Å²) in [6.45, 7) is 1.90. The van der Waals surface area contributed by atoms with Crippen LogP contribution >= 0.6 is 15.9 Å². The Kier molecular flexibility index (Phi) is 4.18. The van der Waals surface area contributed by atoms with E-state index in [1.165, 1.54) is 12.1 Å². The van der Waals surface area contributed by atoms with Crippen LogP contribution in [0, 0.1) is 24.1 Å². The average molecular weight is 320 g/mol. The van der Waals surface area contributed by atoms with E-state index in [0.717, 1.165) is 11.1 Å². The van der Waals surface area contributed by atoms with Crippen molar-refractivity contribution in [3.8, 4) is 17.6 Å². The molecule has 19 heavy (non-hydrogen) atoms. The zero-order valence-electron chi connectivity index (χ0n) is 10.3. The van der Waals surface area contributed by atoms with Crippen molar-refractivity contribution in [2.24, 2.45) is 0 Å². The predicted molar refractivity (Wildman–Crippen MR) is 75.0 cm³/mol. The van der Waals surface area contributed by atoms with E-state index in [1.54, 1.807) is 18.2 Å². The lowest BCUT2D eigenvalue weighted by atomic mass is 10.1. The van der Waals surface area contributed by atoms with Gasteiger partial charge in [0.2, 0.25) is 0 Å². The standard InChI is InChI=1S/C15H11BrFNO/c1-10-2-3-11(9-18)6-15(10)19-14-5-4-13(17)7-12(14)8-16/h2-7H,8H2,1H3. The first kappa shape index (κ1) is 13.6. The molecule has 0 amide bonds. The van der Waals surface area contributed by atoms with Gasteiger partial charge in [0.1, 0.15) is 17.3 Å². The van der Waals surface area contributed by atoms with Crippen LogP contribution < -0.4 is 4.74 Å². The first-order chi connectivity index (χ1) is 9.13. The third kappa shape index (κ3) is 3.12. The number of benzene rings is 2. The number of rotatable bonds is 3. The second kappa shape index (κ2) is 5.85. The minimum Gasteiger partial charge on any atom is -0.457 e. The largest absolute Gasteiger partial charge is 0.457 e. The lowest BCUT2D eigenvalue weighted by molar-refractivity contribution is 0.472. The molecule has 2 rings (SSSR count). The molecule has 0 aliphatic heterocycles. The van der Waals surface area contributed by atoms with Crippen LogP contribution in [-0.2, 0) is 5.33 Å². The normalized spacial score (nSPS) is 10.0. The molecule has 2 aromatic carbocycles. The molecule has 0 saturated heterocycles. The molecular formula is C15H11BrFNO. The summed E-state index contributed by atoms with van der Waals surface area (Å²) in [7, 11) is 0. The Balaban J connectivity index is 2.39. The molecule has 0 aliphatic carbocycles. The van der Waals surface area contributed by atoms with Crippen LogP contribution in [0.3, 0.4) is 0 Å². The SMILES string of the molecule is Cc1ccc(C#N)cc1Oc1ccc(F)cc1CBr. The summed E-state index contributed by atoms with van der Waals surface area (Å²) in [5.74, 6) is 0.883. The second-order valence-electron chi connectivity index (χ2n) is 4.08. The van der Waals surface area contributed by atoms with Gasteiger partial charge in [0, 0.05) is 10.9 Å². The summed E-state index contributed by atoms with van der Waals surface area (Å²) in [6.07, 6.45) is 0. The summed E-state index contributed by atoms with van der Waals surface area (Å²) in [5.41, 5.74) is 2.17. The topological polar surface area (TPSA) is 33.0 Å². The lowest BCUT2D eigenvalue weighted by Gasteiger charge is -2.12. The quantitative estimate of drug-likeness (QED) is 0.769. The fourth-order valence-electron chi connectivity index (χ4n) is 1.65. The molecule has 0 N–H and O–H groups in total. The lowest BCUT2D eigenvalue weighted by Crippen LogP contribution is -1.93. The van der Waals surface area contributed by atoms with E-state index >= 15 is 0 Å². The zero-order valence-corrected chi connectivity index (χ0v) is 11.9. The second-order valence-corrected chi connectivity index (χ2v) is 4.64. The van der Waals surface area contributed by atoms with Crippen molar-refractivity contribution in [3.63, 3.8) is 0 Å². The van der Waals surface area contributed by atoms with E-state index in [9.17, 15) is 4.39 Å². The van der Waals surface area contributed by atoms with Crippen LogP contribution in [-0.4, -0.2) is 0 Å². The molecule has 0 heterocycles. The van der Waals surface area contributed by atoms with Gasteiger partial charge in [0.05, 0.1) is 11.6 Å². The minimum atomic E-state index is -0.302. The van der Waals surface area contributed by atoms with Crippen molar-refractivity contribution in [3.05, 3.63) is 58.9 Å². The monoisotopic (exact) mass is 319 g/mol. The number of nitrogens with zero attached hydrogens (tertiary/aromatic N) is 1. The maximum Gasteiger partial charge on any atom is 0.131 e. The molecule has 0 aromatic heterocycles. The van der Waals surface area contributed by atoms with Crippen LogP contribution in [0.5, 0.6) is 11.5 Å². The van der Waals surface area contributed by atoms with Crippen LogP contribution in [0.4, 0.5) is 4.39 Å². The molecule has 4 heteroatoms. The Labute approximate surface area is 119 Å². The fourth-order valence-corrected chi connectivity index (χ4v) is 2.09. The third-order valence-corrected chi connectivity index (χ3v) is 3.31. The van der Waals surface area contributed by atoms with Gasteiger partial charge >= 0.3 is 0 Å². The summed E-state index contributed by atoms with van der Waals surface area (Å²) in [4.78, 5) is 0. The zero-order chi connectivity index (χ0) is 13.8. The van der Waals surface area contributed by atoms with Gasteiger partial charge in [-0.05, 0) is 42.8 Å². The third-order valence-electron chi connectivity index (χ3n) is 2.70. The van der Waals surface area contributed by atoms with Gasteiger partial charge in [-0.2, -0.15) is 5.26 Å². The number of hydrogen-bond donors (Lipinski definition) is 0. The molecule has 0 fully saturated rings. The fraction of sp³-hybridized carbons (Fsp3) is 0.133. The van der Waals surface area contributed by atoms with Gasteiger partial charge in [0.25, 0.3) is 0 Å². The van der Waals surface area contributed by atoms with Crippen molar-refractivity contribution < 1.29 is 9.13 Å².